The molecule has 4 nitrogen and oxygen atoms in total. The van der Waals surface area contributed by atoms with Crippen molar-refractivity contribution in [3.63, 3.8) is 0 Å². The number of rotatable bonds is 5. The Labute approximate surface area is 78.4 Å². The first-order valence-electron chi connectivity index (χ1n) is 4.52. The van der Waals surface area contributed by atoms with Gasteiger partial charge < -0.3 is 4.85 Å². The number of hydrogen-bond acceptors (Lipinski definition) is 2. The molecule has 1 aromatic rings. The standard InChI is InChI=1S/C9H14N4/c1-9(10-2)5-3-4-6-13-8-11-7-12-13/h7-9H,3-6H2,1H3. The van der Waals surface area contributed by atoms with Gasteiger partial charge in [0.15, 0.2) is 0 Å². The summed E-state index contributed by atoms with van der Waals surface area (Å²) < 4.78 is 1.82. The minimum Gasteiger partial charge on any atom is -0.314 e. The molecule has 0 aliphatic rings. The predicted octanol–water partition coefficient (Wildman–Crippen LogP) is 1.76. The topological polar surface area (TPSA) is 35.1 Å². The van der Waals surface area contributed by atoms with Crippen LogP contribution in [0.5, 0.6) is 0 Å². The van der Waals surface area contributed by atoms with Gasteiger partial charge in [0, 0.05) is 19.9 Å². The van der Waals surface area contributed by atoms with Crippen LogP contribution in [-0.2, 0) is 6.54 Å². The summed E-state index contributed by atoms with van der Waals surface area (Å²) in [6, 6.07) is 0.163. The van der Waals surface area contributed by atoms with Crippen molar-refractivity contribution in [3.8, 4) is 0 Å². The van der Waals surface area contributed by atoms with Gasteiger partial charge in [-0.2, -0.15) is 5.10 Å². The van der Waals surface area contributed by atoms with E-state index in [1.54, 1.807) is 12.7 Å². The van der Waals surface area contributed by atoms with E-state index in [4.69, 9.17) is 6.57 Å². The monoisotopic (exact) mass is 178 g/mol. The minimum atomic E-state index is 0.163. The van der Waals surface area contributed by atoms with E-state index in [0.29, 0.717) is 0 Å². The second kappa shape index (κ2) is 5.31. The lowest BCUT2D eigenvalue weighted by Gasteiger charge is -2.00. The van der Waals surface area contributed by atoms with Crippen LogP contribution in [0.2, 0.25) is 0 Å². The molecule has 1 rings (SSSR count). The highest BCUT2D eigenvalue weighted by molar-refractivity contribution is 4.72. The Bertz CT molecular complexity index is 260. The second-order valence-electron chi connectivity index (χ2n) is 3.13. The van der Waals surface area contributed by atoms with E-state index in [0.717, 1.165) is 25.8 Å². The largest absolute Gasteiger partial charge is 0.314 e. The van der Waals surface area contributed by atoms with Crippen molar-refractivity contribution in [1.29, 1.82) is 0 Å². The third-order valence-electron chi connectivity index (χ3n) is 1.95. The van der Waals surface area contributed by atoms with Gasteiger partial charge in [0.25, 0.3) is 0 Å². The molecule has 13 heavy (non-hydrogen) atoms. The Balaban J connectivity index is 2.06. The molecule has 0 bridgehead atoms. The maximum atomic E-state index is 6.78. The highest BCUT2D eigenvalue weighted by atomic mass is 15.3. The number of unbranched alkanes of at least 4 members (excludes halogenated alkanes) is 1. The van der Waals surface area contributed by atoms with E-state index in [1.807, 2.05) is 11.6 Å². The Morgan fingerprint density at radius 1 is 1.54 bits per heavy atom. The summed E-state index contributed by atoms with van der Waals surface area (Å²) in [5.74, 6) is 0. The van der Waals surface area contributed by atoms with E-state index < -0.39 is 0 Å². The zero-order valence-corrected chi connectivity index (χ0v) is 7.85. The van der Waals surface area contributed by atoms with Gasteiger partial charge >= 0.3 is 0 Å². The van der Waals surface area contributed by atoms with Gasteiger partial charge in [-0.1, -0.05) is 0 Å². The van der Waals surface area contributed by atoms with Crippen LogP contribution in [-0.4, -0.2) is 20.8 Å². The third-order valence-corrected chi connectivity index (χ3v) is 1.95. The van der Waals surface area contributed by atoms with Crippen LogP contribution in [0.1, 0.15) is 26.2 Å². The molecular weight excluding hydrogens is 164 g/mol. The number of nitrogens with zero attached hydrogens (tertiary/aromatic N) is 4. The summed E-state index contributed by atoms with van der Waals surface area (Å²) in [6.07, 6.45) is 6.41. The molecule has 0 radical (unpaired) electrons. The van der Waals surface area contributed by atoms with Crippen molar-refractivity contribution < 1.29 is 0 Å². The molecule has 1 unspecified atom stereocenters. The van der Waals surface area contributed by atoms with Crippen molar-refractivity contribution >= 4 is 0 Å². The lowest BCUT2D eigenvalue weighted by Crippen LogP contribution is -2.00. The van der Waals surface area contributed by atoms with Crippen LogP contribution in [0.4, 0.5) is 0 Å². The molecular formula is C9H14N4. The van der Waals surface area contributed by atoms with Gasteiger partial charge in [-0.15, -0.1) is 0 Å². The SMILES string of the molecule is [C-]#[N+]C(C)CCCCn1cncn1. The summed E-state index contributed by atoms with van der Waals surface area (Å²) in [7, 11) is 0. The van der Waals surface area contributed by atoms with Gasteiger partial charge in [0.1, 0.15) is 12.7 Å². The molecule has 4 heteroatoms. The quantitative estimate of drug-likeness (QED) is 0.508. The van der Waals surface area contributed by atoms with Crippen molar-refractivity contribution in [1.82, 2.24) is 14.8 Å². The van der Waals surface area contributed by atoms with Crippen LogP contribution in [0.25, 0.3) is 4.85 Å². The first-order chi connectivity index (χ1) is 6.33. The molecule has 1 heterocycles. The molecule has 1 atom stereocenters. The molecule has 0 amide bonds. The summed E-state index contributed by atoms with van der Waals surface area (Å²) in [5.41, 5.74) is 0. The van der Waals surface area contributed by atoms with Gasteiger partial charge in [-0.05, 0) is 12.8 Å². The van der Waals surface area contributed by atoms with Crippen molar-refractivity contribution in [3.05, 3.63) is 24.1 Å². The van der Waals surface area contributed by atoms with Crippen LogP contribution in [0.3, 0.4) is 0 Å². The number of aromatic nitrogens is 3. The molecule has 0 saturated carbocycles. The zero-order chi connectivity index (χ0) is 9.52. The number of hydrogen-bond donors (Lipinski definition) is 0. The van der Waals surface area contributed by atoms with Crippen LogP contribution < -0.4 is 0 Å². The minimum absolute atomic E-state index is 0.163. The Hall–Kier alpha value is -1.37. The van der Waals surface area contributed by atoms with E-state index in [-0.39, 0.29) is 6.04 Å². The smallest absolute Gasteiger partial charge is 0.221 e. The Morgan fingerprint density at radius 3 is 3.00 bits per heavy atom. The normalized spacial score (nSPS) is 12.3. The molecule has 0 N–H and O–H groups in total. The Kier molecular flexibility index (Phi) is 3.97. The molecule has 70 valence electrons. The third kappa shape index (κ3) is 3.70. The summed E-state index contributed by atoms with van der Waals surface area (Å²) in [6.45, 7) is 9.65. The second-order valence-corrected chi connectivity index (χ2v) is 3.13. The van der Waals surface area contributed by atoms with Crippen LogP contribution in [0, 0.1) is 6.57 Å². The fraction of sp³-hybridized carbons (Fsp3) is 0.667. The lowest BCUT2D eigenvalue weighted by atomic mass is 10.1. The highest BCUT2D eigenvalue weighted by Crippen LogP contribution is 2.04. The van der Waals surface area contributed by atoms with Gasteiger partial charge in [0.05, 0.1) is 0 Å². The van der Waals surface area contributed by atoms with Gasteiger partial charge in [-0.3, -0.25) is 4.68 Å². The molecule has 0 spiro atoms. The van der Waals surface area contributed by atoms with Gasteiger partial charge in [0.2, 0.25) is 6.04 Å². The summed E-state index contributed by atoms with van der Waals surface area (Å²) in [5, 5.41) is 4.00. The fourth-order valence-corrected chi connectivity index (χ4v) is 1.13. The highest BCUT2D eigenvalue weighted by Gasteiger charge is 2.02. The molecule has 1 aromatic heterocycles. The molecule has 0 aliphatic heterocycles. The molecule has 0 fully saturated rings. The first-order valence-corrected chi connectivity index (χ1v) is 4.52. The molecule has 0 aliphatic carbocycles. The summed E-state index contributed by atoms with van der Waals surface area (Å²) in [4.78, 5) is 7.29. The van der Waals surface area contributed by atoms with Crippen molar-refractivity contribution in [2.24, 2.45) is 0 Å². The Morgan fingerprint density at radius 2 is 2.38 bits per heavy atom. The van der Waals surface area contributed by atoms with Gasteiger partial charge in [-0.25, -0.2) is 11.6 Å². The van der Waals surface area contributed by atoms with E-state index >= 15 is 0 Å². The van der Waals surface area contributed by atoms with E-state index in [2.05, 4.69) is 14.9 Å². The fourth-order valence-electron chi connectivity index (χ4n) is 1.13. The summed E-state index contributed by atoms with van der Waals surface area (Å²) >= 11 is 0. The van der Waals surface area contributed by atoms with Crippen LogP contribution >= 0.6 is 0 Å². The maximum Gasteiger partial charge on any atom is 0.221 e. The van der Waals surface area contributed by atoms with Crippen LogP contribution in [0.15, 0.2) is 12.7 Å². The van der Waals surface area contributed by atoms with Crippen molar-refractivity contribution in [2.75, 3.05) is 0 Å². The van der Waals surface area contributed by atoms with E-state index in [1.165, 1.54) is 0 Å². The first kappa shape index (κ1) is 9.72. The average Bonchev–Trinajstić information content (AvgIpc) is 2.64. The lowest BCUT2D eigenvalue weighted by molar-refractivity contribution is 0.534. The van der Waals surface area contributed by atoms with Crippen molar-refractivity contribution in [2.45, 2.75) is 38.8 Å². The zero-order valence-electron chi connectivity index (χ0n) is 7.85. The number of aryl methyl sites for hydroxylation is 1. The average molecular weight is 178 g/mol. The maximum absolute atomic E-state index is 6.78. The molecule has 0 aromatic carbocycles. The predicted molar refractivity (Wildman–Crippen MR) is 49.9 cm³/mol. The van der Waals surface area contributed by atoms with E-state index in [9.17, 15) is 0 Å². The molecule has 0 saturated heterocycles.